The number of rotatable bonds is 5. The van der Waals surface area contributed by atoms with Crippen LogP contribution in [-0.4, -0.2) is 17.7 Å². The molecule has 0 spiro atoms. The predicted octanol–water partition coefficient (Wildman–Crippen LogP) is 3.47. The first-order valence-corrected chi connectivity index (χ1v) is 6.89. The van der Waals surface area contributed by atoms with E-state index in [9.17, 15) is 14.0 Å². The molecule has 2 aromatic rings. The van der Waals surface area contributed by atoms with Crippen LogP contribution in [0.25, 0.3) is 0 Å². The summed E-state index contributed by atoms with van der Waals surface area (Å²) in [5.41, 5.74) is 1.87. The number of carbonyl (C=O) groups excluding carboxylic acids is 2. The highest BCUT2D eigenvalue weighted by Gasteiger charge is 2.13. The van der Waals surface area contributed by atoms with Crippen LogP contribution in [-0.2, 0) is 4.79 Å². The molecule has 114 valence electrons. The van der Waals surface area contributed by atoms with Crippen LogP contribution in [0.2, 0.25) is 0 Å². The van der Waals surface area contributed by atoms with Crippen molar-refractivity contribution in [2.24, 2.45) is 0 Å². The van der Waals surface area contributed by atoms with Gasteiger partial charge < -0.3 is 10.6 Å². The Hall–Kier alpha value is -2.69. The first-order chi connectivity index (χ1) is 10.5. The molecule has 1 unspecified atom stereocenters. The van der Waals surface area contributed by atoms with Crippen molar-refractivity contribution in [2.75, 3.05) is 10.6 Å². The predicted molar refractivity (Wildman–Crippen MR) is 84.6 cm³/mol. The third kappa shape index (κ3) is 4.15. The minimum Gasteiger partial charge on any atom is -0.374 e. The molecular formula is C17H17FN2O2. The van der Waals surface area contributed by atoms with Gasteiger partial charge in [0.15, 0.2) is 5.78 Å². The largest absolute Gasteiger partial charge is 0.374 e. The molecule has 0 bridgehead atoms. The molecular weight excluding hydrogens is 283 g/mol. The number of hydrogen-bond donors (Lipinski definition) is 2. The van der Waals surface area contributed by atoms with Crippen LogP contribution in [0.4, 0.5) is 15.8 Å². The van der Waals surface area contributed by atoms with Crippen molar-refractivity contribution < 1.29 is 14.0 Å². The van der Waals surface area contributed by atoms with Gasteiger partial charge in [-0.15, -0.1) is 0 Å². The van der Waals surface area contributed by atoms with E-state index in [4.69, 9.17) is 0 Å². The fourth-order valence-corrected chi connectivity index (χ4v) is 1.90. The molecule has 0 aliphatic heterocycles. The van der Waals surface area contributed by atoms with Crippen LogP contribution in [0.1, 0.15) is 24.2 Å². The minimum absolute atomic E-state index is 0.0239. The zero-order valence-corrected chi connectivity index (χ0v) is 12.4. The van der Waals surface area contributed by atoms with Crippen molar-refractivity contribution in [2.45, 2.75) is 19.9 Å². The number of amides is 1. The van der Waals surface area contributed by atoms with Crippen molar-refractivity contribution in [1.29, 1.82) is 0 Å². The molecule has 4 nitrogen and oxygen atoms in total. The Balaban J connectivity index is 1.95. The quantitative estimate of drug-likeness (QED) is 0.831. The van der Waals surface area contributed by atoms with Gasteiger partial charge in [-0.2, -0.15) is 0 Å². The average molecular weight is 300 g/mol. The first kappa shape index (κ1) is 15.7. The van der Waals surface area contributed by atoms with Crippen molar-refractivity contribution >= 4 is 23.1 Å². The molecule has 2 aromatic carbocycles. The number of hydrogen-bond acceptors (Lipinski definition) is 3. The van der Waals surface area contributed by atoms with Gasteiger partial charge in [-0.3, -0.25) is 9.59 Å². The van der Waals surface area contributed by atoms with E-state index in [1.54, 1.807) is 43.3 Å². The first-order valence-electron chi connectivity index (χ1n) is 6.89. The molecule has 0 aromatic heterocycles. The van der Waals surface area contributed by atoms with Crippen LogP contribution in [0, 0.1) is 5.82 Å². The molecule has 0 radical (unpaired) electrons. The van der Waals surface area contributed by atoms with Gasteiger partial charge in [0.1, 0.15) is 11.9 Å². The van der Waals surface area contributed by atoms with E-state index in [1.807, 2.05) is 0 Å². The second-order valence-corrected chi connectivity index (χ2v) is 5.00. The summed E-state index contributed by atoms with van der Waals surface area (Å²) in [6.45, 7) is 3.20. The Morgan fingerprint density at radius 1 is 0.955 bits per heavy atom. The van der Waals surface area contributed by atoms with Gasteiger partial charge in [-0.1, -0.05) is 0 Å². The fraction of sp³-hybridized carbons (Fsp3) is 0.176. The highest BCUT2D eigenvalue weighted by atomic mass is 19.1. The number of carbonyl (C=O) groups is 2. The van der Waals surface area contributed by atoms with E-state index >= 15 is 0 Å². The highest BCUT2D eigenvalue weighted by molar-refractivity contribution is 5.97. The third-order valence-corrected chi connectivity index (χ3v) is 3.18. The van der Waals surface area contributed by atoms with Gasteiger partial charge >= 0.3 is 0 Å². The summed E-state index contributed by atoms with van der Waals surface area (Å²) in [4.78, 5) is 23.3. The Morgan fingerprint density at radius 3 is 2.05 bits per heavy atom. The minimum atomic E-state index is -0.488. The number of Topliss-reactive ketones (excluding diaryl/α,β-unsaturated/α-hetero) is 1. The van der Waals surface area contributed by atoms with Crippen molar-refractivity contribution in [3.05, 3.63) is 59.9 Å². The maximum Gasteiger partial charge on any atom is 0.246 e. The van der Waals surface area contributed by atoms with Crippen LogP contribution < -0.4 is 10.6 Å². The van der Waals surface area contributed by atoms with Gasteiger partial charge in [0.25, 0.3) is 0 Å². The average Bonchev–Trinajstić information content (AvgIpc) is 2.50. The maximum atomic E-state index is 12.8. The van der Waals surface area contributed by atoms with E-state index in [2.05, 4.69) is 10.6 Å². The van der Waals surface area contributed by atoms with E-state index in [0.717, 1.165) is 0 Å². The molecule has 2 rings (SSSR count). The number of halogens is 1. The Bertz CT molecular complexity index is 666. The molecule has 0 aliphatic rings. The summed E-state index contributed by atoms with van der Waals surface area (Å²) in [6.07, 6.45) is 0. The topological polar surface area (TPSA) is 58.2 Å². The Labute approximate surface area is 128 Å². The van der Waals surface area contributed by atoms with Crippen LogP contribution in [0.15, 0.2) is 48.5 Å². The van der Waals surface area contributed by atoms with Gasteiger partial charge in [0.05, 0.1) is 0 Å². The third-order valence-electron chi connectivity index (χ3n) is 3.18. The lowest BCUT2D eigenvalue weighted by molar-refractivity contribution is -0.116. The Kier molecular flexibility index (Phi) is 4.88. The van der Waals surface area contributed by atoms with Crippen LogP contribution >= 0.6 is 0 Å². The summed E-state index contributed by atoms with van der Waals surface area (Å²) in [5.74, 6) is -0.572. The zero-order valence-electron chi connectivity index (χ0n) is 12.4. The number of anilines is 2. The second-order valence-electron chi connectivity index (χ2n) is 5.00. The van der Waals surface area contributed by atoms with Crippen LogP contribution in [0.3, 0.4) is 0 Å². The molecule has 0 saturated carbocycles. The molecule has 0 fully saturated rings. The summed E-state index contributed by atoms with van der Waals surface area (Å²) in [7, 11) is 0. The molecule has 0 saturated heterocycles. The summed E-state index contributed by atoms with van der Waals surface area (Å²) in [6, 6.07) is 12.0. The summed E-state index contributed by atoms with van der Waals surface area (Å²) < 4.78 is 12.8. The van der Waals surface area contributed by atoms with E-state index in [-0.39, 0.29) is 17.5 Å². The molecule has 1 amide bonds. The van der Waals surface area contributed by atoms with Gasteiger partial charge in [0, 0.05) is 16.9 Å². The standard InChI is InChI=1S/C17H17FN2O2/c1-11(19-15-9-5-14(18)6-10-15)17(22)20-16-7-3-13(4-8-16)12(2)21/h3-11,19H,1-2H3,(H,20,22). The van der Waals surface area contributed by atoms with E-state index in [0.29, 0.717) is 16.9 Å². The van der Waals surface area contributed by atoms with Crippen molar-refractivity contribution in [3.8, 4) is 0 Å². The number of benzene rings is 2. The van der Waals surface area contributed by atoms with Crippen molar-refractivity contribution in [3.63, 3.8) is 0 Å². The summed E-state index contributed by atoms with van der Waals surface area (Å²) >= 11 is 0. The number of ketones is 1. The molecule has 22 heavy (non-hydrogen) atoms. The van der Waals surface area contributed by atoms with E-state index < -0.39 is 6.04 Å². The van der Waals surface area contributed by atoms with Crippen LogP contribution in [0.5, 0.6) is 0 Å². The molecule has 5 heteroatoms. The van der Waals surface area contributed by atoms with Crippen molar-refractivity contribution in [1.82, 2.24) is 0 Å². The lowest BCUT2D eigenvalue weighted by Gasteiger charge is -2.15. The van der Waals surface area contributed by atoms with Gasteiger partial charge in [0.2, 0.25) is 5.91 Å². The normalized spacial score (nSPS) is 11.6. The van der Waals surface area contributed by atoms with Gasteiger partial charge in [-0.25, -0.2) is 4.39 Å². The summed E-state index contributed by atoms with van der Waals surface area (Å²) in [5, 5.41) is 5.74. The highest BCUT2D eigenvalue weighted by Crippen LogP contribution is 2.13. The monoisotopic (exact) mass is 300 g/mol. The second kappa shape index (κ2) is 6.85. The number of nitrogens with one attached hydrogen (secondary N) is 2. The molecule has 2 N–H and O–H groups in total. The maximum absolute atomic E-state index is 12.8. The fourth-order valence-electron chi connectivity index (χ4n) is 1.90. The SMILES string of the molecule is CC(=O)c1ccc(NC(=O)C(C)Nc2ccc(F)cc2)cc1. The lowest BCUT2D eigenvalue weighted by Crippen LogP contribution is -2.31. The lowest BCUT2D eigenvalue weighted by atomic mass is 10.1. The Morgan fingerprint density at radius 2 is 1.50 bits per heavy atom. The van der Waals surface area contributed by atoms with Gasteiger partial charge in [-0.05, 0) is 62.4 Å². The molecule has 0 aliphatic carbocycles. The van der Waals surface area contributed by atoms with E-state index in [1.165, 1.54) is 19.1 Å². The molecule has 1 atom stereocenters. The molecule has 0 heterocycles. The smallest absolute Gasteiger partial charge is 0.246 e. The zero-order chi connectivity index (χ0) is 16.1.